The Morgan fingerprint density at radius 1 is 1.18 bits per heavy atom. The zero-order chi connectivity index (χ0) is 27.1. The molecule has 0 amide bonds. The van der Waals surface area contributed by atoms with Crippen LogP contribution in [0.1, 0.15) is 36.3 Å². The third-order valence-corrected chi connectivity index (χ3v) is 8.97. The van der Waals surface area contributed by atoms with Gasteiger partial charge in [0.05, 0.1) is 23.9 Å². The van der Waals surface area contributed by atoms with Crippen molar-refractivity contribution in [2.45, 2.75) is 44.2 Å². The number of hydrogen-bond donors (Lipinski definition) is 3. The van der Waals surface area contributed by atoms with Crippen LogP contribution in [-0.2, 0) is 0 Å². The molecular weight excluding hydrogens is 519 g/mol. The van der Waals surface area contributed by atoms with Crippen LogP contribution in [0.5, 0.6) is 0 Å². The van der Waals surface area contributed by atoms with Crippen LogP contribution in [0.4, 0.5) is 10.4 Å². The molecule has 2 saturated heterocycles. The molecular formula is C30H34ClFN4O3. The first-order chi connectivity index (χ1) is 18.9. The molecule has 3 N–H and O–H groups in total. The molecule has 0 radical (unpaired) electrons. The standard InChI is InChI=1S/C30H34ClFN4O3/c1-18-3-2-4-22-23(14-33-29(18)22)21-9-12-36(16-27(21)38)26(17-37)19-7-10-35(11-8-19)30-34-15-28(39-30)20-5-6-25(32)24(31)13-20/h2-6,13-15,19,21,26-27,33,37-38H,7-12,16-17H2,1H3. The van der Waals surface area contributed by atoms with Gasteiger partial charge in [0.25, 0.3) is 6.01 Å². The van der Waals surface area contributed by atoms with Crippen molar-refractivity contribution in [1.82, 2.24) is 14.9 Å². The van der Waals surface area contributed by atoms with Crippen LogP contribution in [-0.4, -0.2) is 70.0 Å². The number of fused-ring (bicyclic) bond motifs is 1. The monoisotopic (exact) mass is 552 g/mol. The summed E-state index contributed by atoms with van der Waals surface area (Å²) < 4.78 is 19.5. The normalized spacial score (nSPS) is 22.0. The minimum Gasteiger partial charge on any atom is -0.423 e. The highest BCUT2D eigenvalue weighted by molar-refractivity contribution is 6.31. The van der Waals surface area contributed by atoms with Gasteiger partial charge in [-0.05, 0) is 68.0 Å². The number of nitrogens with one attached hydrogen (secondary N) is 1. The number of halogens is 2. The van der Waals surface area contributed by atoms with Gasteiger partial charge >= 0.3 is 0 Å². The fourth-order valence-electron chi connectivity index (χ4n) is 6.49. The summed E-state index contributed by atoms with van der Waals surface area (Å²) in [5.41, 5.74) is 4.21. The summed E-state index contributed by atoms with van der Waals surface area (Å²) in [4.78, 5) is 12.2. The lowest BCUT2D eigenvalue weighted by Gasteiger charge is -2.44. The van der Waals surface area contributed by atoms with Crippen molar-refractivity contribution in [3.8, 4) is 11.3 Å². The van der Waals surface area contributed by atoms with Gasteiger partial charge in [-0.1, -0.05) is 29.8 Å². The highest BCUT2D eigenvalue weighted by Gasteiger charge is 2.37. The average molecular weight is 553 g/mol. The number of aromatic nitrogens is 2. The van der Waals surface area contributed by atoms with E-state index in [9.17, 15) is 14.6 Å². The van der Waals surface area contributed by atoms with Crippen molar-refractivity contribution in [2.24, 2.45) is 5.92 Å². The molecule has 2 aliphatic heterocycles. The summed E-state index contributed by atoms with van der Waals surface area (Å²) in [6.07, 6.45) is 5.84. The van der Waals surface area contributed by atoms with Gasteiger partial charge in [-0.25, -0.2) is 9.37 Å². The number of aryl methyl sites for hydroxylation is 1. The molecule has 2 aliphatic rings. The van der Waals surface area contributed by atoms with E-state index in [1.54, 1.807) is 12.3 Å². The van der Waals surface area contributed by atoms with E-state index >= 15 is 0 Å². The Morgan fingerprint density at radius 2 is 2.00 bits per heavy atom. The van der Waals surface area contributed by atoms with Crippen LogP contribution in [0, 0.1) is 18.7 Å². The van der Waals surface area contributed by atoms with E-state index in [1.165, 1.54) is 28.6 Å². The molecule has 39 heavy (non-hydrogen) atoms. The Balaban J connectivity index is 1.08. The van der Waals surface area contributed by atoms with Gasteiger partial charge in [0.2, 0.25) is 0 Å². The van der Waals surface area contributed by atoms with Gasteiger partial charge in [-0.3, -0.25) is 4.90 Å². The van der Waals surface area contributed by atoms with Gasteiger partial charge in [0, 0.05) is 54.3 Å². The number of H-pyrrole nitrogens is 1. The van der Waals surface area contributed by atoms with Crippen LogP contribution >= 0.6 is 11.6 Å². The quantitative estimate of drug-likeness (QED) is 0.299. The van der Waals surface area contributed by atoms with Crippen molar-refractivity contribution in [3.63, 3.8) is 0 Å². The lowest BCUT2D eigenvalue weighted by atomic mass is 9.83. The van der Waals surface area contributed by atoms with Gasteiger partial charge < -0.3 is 24.5 Å². The van der Waals surface area contributed by atoms with E-state index in [-0.39, 0.29) is 23.6 Å². The summed E-state index contributed by atoms with van der Waals surface area (Å²) in [6.45, 7) is 5.09. The molecule has 9 heteroatoms. The van der Waals surface area contributed by atoms with Crippen LogP contribution in [0.3, 0.4) is 0 Å². The number of β-amino-alcohol motifs (C(OH)–C–C–N with tert-alkyl or cyclic N) is 1. The van der Waals surface area contributed by atoms with Gasteiger partial charge in [0.15, 0.2) is 5.76 Å². The molecule has 0 aliphatic carbocycles. The van der Waals surface area contributed by atoms with E-state index in [2.05, 4.69) is 51.1 Å². The molecule has 6 rings (SSSR count). The topological polar surface area (TPSA) is 88.8 Å². The third-order valence-electron chi connectivity index (χ3n) is 8.68. The molecule has 0 bridgehead atoms. The highest BCUT2D eigenvalue weighted by atomic mass is 35.5. The lowest BCUT2D eigenvalue weighted by molar-refractivity contribution is -0.00689. The summed E-state index contributed by atoms with van der Waals surface area (Å²) in [5.74, 6) is 0.471. The first-order valence-corrected chi connectivity index (χ1v) is 14.1. The summed E-state index contributed by atoms with van der Waals surface area (Å²) >= 11 is 5.93. The van der Waals surface area contributed by atoms with E-state index in [1.807, 2.05) is 0 Å². The number of nitrogens with zero attached hydrogens (tertiary/aromatic N) is 3. The molecule has 7 nitrogen and oxygen atoms in total. The van der Waals surface area contributed by atoms with E-state index in [4.69, 9.17) is 16.0 Å². The minimum absolute atomic E-state index is 0.00874. The maximum Gasteiger partial charge on any atom is 0.297 e. The number of likely N-dealkylation sites (tertiary alicyclic amines) is 1. The number of aliphatic hydroxyl groups excluding tert-OH is 2. The molecule has 2 fully saturated rings. The fraction of sp³-hybridized carbons (Fsp3) is 0.433. The zero-order valence-corrected chi connectivity index (χ0v) is 22.7. The predicted octanol–water partition coefficient (Wildman–Crippen LogP) is 5.35. The van der Waals surface area contributed by atoms with Crippen molar-refractivity contribution < 1.29 is 19.0 Å². The Kier molecular flexibility index (Phi) is 7.37. The zero-order valence-electron chi connectivity index (χ0n) is 22.0. The van der Waals surface area contributed by atoms with Crippen LogP contribution < -0.4 is 4.90 Å². The second-order valence-electron chi connectivity index (χ2n) is 10.9. The maximum absolute atomic E-state index is 13.5. The SMILES string of the molecule is Cc1cccc2c(C3CCN(C(CO)C4CCN(c5ncc(-c6ccc(F)c(Cl)c6)o5)CC4)CC3O)c[nH]c12. The Morgan fingerprint density at radius 3 is 2.74 bits per heavy atom. The average Bonchev–Trinajstić information content (AvgIpc) is 3.60. The summed E-state index contributed by atoms with van der Waals surface area (Å²) in [7, 11) is 0. The number of para-hydroxylation sites is 1. The van der Waals surface area contributed by atoms with Gasteiger partial charge in [-0.15, -0.1) is 0 Å². The predicted molar refractivity (Wildman–Crippen MR) is 151 cm³/mol. The molecule has 2 aromatic heterocycles. The molecule has 206 valence electrons. The number of rotatable bonds is 6. The molecule has 4 heterocycles. The second-order valence-corrected chi connectivity index (χ2v) is 11.3. The smallest absolute Gasteiger partial charge is 0.297 e. The number of aromatic amines is 1. The minimum atomic E-state index is -0.488. The van der Waals surface area contributed by atoms with Crippen molar-refractivity contribution in [3.05, 3.63) is 70.8 Å². The first kappa shape index (κ1) is 26.3. The Bertz CT molecular complexity index is 1450. The molecule has 3 atom stereocenters. The number of anilines is 1. The molecule has 0 spiro atoms. The number of hydrogen-bond acceptors (Lipinski definition) is 6. The van der Waals surface area contributed by atoms with E-state index in [0.717, 1.165) is 44.4 Å². The van der Waals surface area contributed by atoms with Crippen molar-refractivity contribution in [1.29, 1.82) is 0 Å². The number of oxazole rings is 1. The molecule has 2 aromatic carbocycles. The summed E-state index contributed by atoms with van der Waals surface area (Å²) in [6, 6.07) is 11.3. The van der Waals surface area contributed by atoms with Crippen LogP contribution in [0.25, 0.3) is 22.2 Å². The van der Waals surface area contributed by atoms with E-state index < -0.39 is 11.9 Å². The molecule has 4 aromatic rings. The van der Waals surface area contributed by atoms with Crippen molar-refractivity contribution >= 4 is 28.5 Å². The Labute approximate surface area is 232 Å². The lowest BCUT2D eigenvalue weighted by Crippen LogP contribution is -2.53. The van der Waals surface area contributed by atoms with Gasteiger partial charge in [0.1, 0.15) is 5.82 Å². The van der Waals surface area contributed by atoms with Crippen molar-refractivity contribution in [2.75, 3.05) is 37.7 Å². The summed E-state index contributed by atoms with van der Waals surface area (Å²) in [5, 5.41) is 22.8. The third kappa shape index (κ3) is 5.07. The van der Waals surface area contributed by atoms with Crippen LogP contribution in [0.15, 0.2) is 53.2 Å². The second kappa shape index (κ2) is 10.9. The molecule has 0 saturated carbocycles. The Hall–Kier alpha value is -2.91. The molecule has 3 unspecified atom stereocenters. The fourth-order valence-corrected chi connectivity index (χ4v) is 6.67. The first-order valence-electron chi connectivity index (χ1n) is 13.7. The number of benzene rings is 2. The van der Waals surface area contributed by atoms with E-state index in [0.29, 0.717) is 29.8 Å². The van der Waals surface area contributed by atoms with Gasteiger partial charge in [-0.2, -0.15) is 0 Å². The number of aliphatic hydroxyl groups is 2. The van der Waals surface area contributed by atoms with Crippen LogP contribution in [0.2, 0.25) is 5.02 Å². The largest absolute Gasteiger partial charge is 0.423 e. The maximum atomic E-state index is 13.5. The highest BCUT2D eigenvalue weighted by Crippen LogP contribution is 2.37. The number of piperidine rings is 2.